The molecule has 0 bridgehead atoms. The molecule has 0 spiro atoms. The van der Waals surface area contributed by atoms with Crippen LogP contribution in [0.1, 0.15) is 61.3 Å². The van der Waals surface area contributed by atoms with E-state index >= 15 is 0 Å². The smallest absolute Gasteiger partial charge is 1.00 e. The monoisotopic (exact) mass is 419 g/mol. The predicted octanol–water partition coefficient (Wildman–Crippen LogP) is -0.437. The van der Waals surface area contributed by atoms with Crippen molar-refractivity contribution in [1.29, 1.82) is 0 Å². The van der Waals surface area contributed by atoms with Gasteiger partial charge in [-0.1, -0.05) is 0 Å². The van der Waals surface area contributed by atoms with Crippen LogP contribution in [0.15, 0.2) is 45.1 Å². The molecule has 0 heterocycles. The Morgan fingerprint density at radius 2 is 1.68 bits per heavy atom. The Bertz CT molecular complexity index is 604. The molecule has 0 aromatic heterocycles. The number of allylic oxidation sites excluding steroid dienone is 5. The molecule has 1 unspecified atom stereocenters. The molecule has 2 aliphatic carbocycles. The molecule has 0 saturated carbocycles. The zero-order valence-corrected chi connectivity index (χ0v) is 19.4. The topological polar surface area (TPSA) is 18.5 Å². The Kier molecular flexibility index (Phi) is 8.81. The van der Waals surface area contributed by atoms with Crippen LogP contribution >= 0.6 is 0 Å². The number of rotatable bonds is 3. The third-order valence-corrected chi connectivity index (χ3v) is 4.62. The second-order valence-corrected chi connectivity index (χ2v) is 9.42. The molecule has 2 nitrogen and oxygen atoms in total. The maximum absolute atomic E-state index is 6.57. The van der Waals surface area contributed by atoms with Crippen LogP contribution in [0, 0.1) is 5.41 Å². The van der Waals surface area contributed by atoms with Gasteiger partial charge in [-0.15, -0.1) is 0 Å². The molecular formula is C20H29Cl2O2Ti. The van der Waals surface area contributed by atoms with Gasteiger partial charge in [-0.2, -0.15) is 0 Å². The van der Waals surface area contributed by atoms with Gasteiger partial charge in [0.2, 0.25) is 0 Å². The number of hydrogen-bond donors (Lipinski definition) is 0. The molecule has 0 aliphatic heterocycles. The van der Waals surface area contributed by atoms with Crippen LogP contribution in [0.2, 0.25) is 0 Å². The average Bonchev–Trinajstić information content (AvgIpc) is 2.75. The SMILES string of the molecule is CC1=CCC(OC2=[C]([Ti+2])CC=C2)(OC(C)(C)C)C(C(C)(C)C)=C1.[Cl-].[Cl-]. The standard InChI is InChI=1S/C20H29O2.2ClH.Ti/c1-15-12-13-20(22-19(5,6)7,17(14-15)18(2,3)4)21-16-10-8-9-11-16;;;/h8,10,12,14H,9,13H2,1-7H3;2*1H;/q;;;+2/p-2. The second kappa shape index (κ2) is 8.80. The summed E-state index contributed by atoms with van der Waals surface area (Å²) >= 11 is 2.13. The maximum Gasteiger partial charge on any atom is -1.00 e. The van der Waals surface area contributed by atoms with Crippen LogP contribution in [-0.4, -0.2) is 11.4 Å². The molecule has 5 heteroatoms. The van der Waals surface area contributed by atoms with Crippen molar-refractivity contribution in [3.63, 3.8) is 0 Å². The van der Waals surface area contributed by atoms with E-state index < -0.39 is 5.79 Å². The first kappa shape index (κ1) is 25.0. The van der Waals surface area contributed by atoms with Crippen molar-refractivity contribution in [2.45, 2.75) is 72.7 Å². The van der Waals surface area contributed by atoms with Crippen LogP contribution in [0.3, 0.4) is 0 Å². The summed E-state index contributed by atoms with van der Waals surface area (Å²) in [6.45, 7) is 15.1. The fourth-order valence-corrected chi connectivity index (χ4v) is 3.45. The zero-order chi connectivity index (χ0) is 17.5. The van der Waals surface area contributed by atoms with E-state index in [2.05, 4.69) is 93.2 Å². The fourth-order valence-electron chi connectivity index (χ4n) is 3.06. The molecule has 2 rings (SSSR count). The number of hydrogen-bond acceptors (Lipinski definition) is 2. The van der Waals surface area contributed by atoms with E-state index in [4.69, 9.17) is 9.47 Å². The molecule has 1 atom stereocenters. The van der Waals surface area contributed by atoms with Crippen LogP contribution in [0.25, 0.3) is 0 Å². The van der Waals surface area contributed by atoms with Gasteiger partial charge in [0.1, 0.15) is 0 Å². The second-order valence-electron chi connectivity index (χ2n) is 8.48. The molecule has 25 heavy (non-hydrogen) atoms. The van der Waals surface area contributed by atoms with Gasteiger partial charge in [0.15, 0.2) is 0 Å². The first-order chi connectivity index (χ1) is 10.4. The largest absolute Gasteiger partial charge is 1.00 e. The summed E-state index contributed by atoms with van der Waals surface area (Å²) in [6.07, 6.45) is 10.4. The van der Waals surface area contributed by atoms with Crippen LogP contribution in [-0.2, 0) is 29.9 Å². The van der Waals surface area contributed by atoms with Gasteiger partial charge in [-0.05, 0) is 0 Å². The van der Waals surface area contributed by atoms with Crippen LogP contribution in [0.4, 0.5) is 0 Å². The molecule has 0 saturated heterocycles. The van der Waals surface area contributed by atoms with Gasteiger partial charge >= 0.3 is 153 Å². The summed E-state index contributed by atoms with van der Waals surface area (Å²) in [7, 11) is 0. The summed E-state index contributed by atoms with van der Waals surface area (Å²) < 4.78 is 14.4. The van der Waals surface area contributed by atoms with Gasteiger partial charge in [0.25, 0.3) is 0 Å². The van der Waals surface area contributed by atoms with E-state index in [1.54, 1.807) is 0 Å². The Balaban J connectivity index is 0.00000288. The van der Waals surface area contributed by atoms with Crippen molar-refractivity contribution in [3.05, 3.63) is 45.1 Å². The van der Waals surface area contributed by atoms with E-state index in [9.17, 15) is 0 Å². The van der Waals surface area contributed by atoms with E-state index in [-0.39, 0.29) is 35.8 Å². The minimum absolute atomic E-state index is 0. The van der Waals surface area contributed by atoms with Crippen LogP contribution < -0.4 is 24.8 Å². The molecule has 0 amide bonds. The summed E-state index contributed by atoms with van der Waals surface area (Å²) in [5, 5.41) is 0. The molecule has 0 N–H and O–H groups in total. The third-order valence-electron chi connectivity index (χ3n) is 3.92. The van der Waals surface area contributed by atoms with E-state index in [0.29, 0.717) is 0 Å². The minimum Gasteiger partial charge on any atom is -1.00 e. The van der Waals surface area contributed by atoms with E-state index in [0.717, 1.165) is 18.6 Å². The first-order valence-corrected chi connectivity index (χ1v) is 9.11. The average molecular weight is 420 g/mol. The predicted molar refractivity (Wildman–Crippen MR) is 91.3 cm³/mol. The quantitative estimate of drug-likeness (QED) is 0.456. The molecule has 0 fully saturated rings. The first-order valence-electron chi connectivity index (χ1n) is 8.33. The summed E-state index contributed by atoms with van der Waals surface area (Å²) in [5.74, 6) is 0.221. The van der Waals surface area contributed by atoms with Gasteiger partial charge in [0.05, 0.1) is 0 Å². The van der Waals surface area contributed by atoms with Crippen molar-refractivity contribution in [3.8, 4) is 0 Å². The molecule has 0 aromatic rings. The van der Waals surface area contributed by atoms with Crippen molar-refractivity contribution in [2.24, 2.45) is 5.41 Å². The molecule has 0 aromatic carbocycles. The van der Waals surface area contributed by atoms with Crippen LogP contribution in [0.5, 0.6) is 0 Å². The van der Waals surface area contributed by atoms with Crippen molar-refractivity contribution < 1.29 is 54.7 Å². The zero-order valence-electron chi connectivity index (χ0n) is 16.3. The van der Waals surface area contributed by atoms with E-state index in [1.807, 2.05) is 0 Å². The van der Waals surface area contributed by atoms with Gasteiger partial charge in [-0.3, -0.25) is 0 Å². The molecule has 139 valence electrons. The van der Waals surface area contributed by atoms with Gasteiger partial charge in [0, 0.05) is 0 Å². The Labute approximate surface area is 177 Å². The summed E-state index contributed by atoms with van der Waals surface area (Å²) in [6, 6.07) is 0. The third kappa shape index (κ3) is 6.29. The summed E-state index contributed by atoms with van der Waals surface area (Å²) in [5.41, 5.74) is 2.16. The molecule has 2 aliphatic rings. The fraction of sp³-hybridized carbons (Fsp3) is 0.600. The Morgan fingerprint density at radius 1 is 1.08 bits per heavy atom. The molecular weight excluding hydrogens is 391 g/mol. The number of halogens is 2. The van der Waals surface area contributed by atoms with Crippen molar-refractivity contribution in [1.82, 2.24) is 0 Å². The summed E-state index contributed by atoms with van der Waals surface area (Å²) in [4.78, 5) is 0. The van der Waals surface area contributed by atoms with Gasteiger partial charge < -0.3 is 24.8 Å². The Hall–Kier alpha value is 0.0143. The van der Waals surface area contributed by atoms with Crippen molar-refractivity contribution >= 4 is 0 Å². The minimum atomic E-state index is -0.735. The normalized spacial score (nSPS) is 23.6. The molecule has 0 radical (unpaired) electrons. The number of ether oxygens (including phenoxy) is 2. The van der Waals surface area contributed by atoms with E-state index in [1.165, 1.54) is 15.0 Å². The van der Waals surface area contributed by atoms with Gasteiger partial charge in [-0.25, -0.2) is 0 Å². The van der Waals surface area contributed by atoms with Crippen molar-refractivity contribution in [2.75, 3.05) is 0 Å². The maximum atomic E-state index is 6.57. The Morgan fingerprint density at radius 3 is 2.12 bits per heavy atom.